The van der Waals surface area contributed by atoms with Crippen molar-refractivity contribution in [2.75, 3.05) is 13.2 Å². The second-order valence-corrected chi connectivity index (χ2v) is 19.8. The Balaban J connectivity index is 0.993. The van der Waals surface area contributed by atoms with Crippen LogP contribution in [0.15, 0.2) is 67.0 Å². The number of fused-ring (bicyclic) bond motifs is 1. The van der Waals surface area contributed by atoms with Crippen LogP contribution in [0, 0.1) is 27.9 Å². The topological polar surface area (TPSA) is 319 Å². The number of aryl methyl sites for hydroxylation is 1. The molecule has 8 rings (SSSR count). The number of nitrogens with one attached hydrogen (secondary N) is 1. The molecule has 2 aliphatic heterocycles. The van der Waals surface area contributed by atoms with Crippen molar-refractivity contribution in [2.45, 2.75) is 164 Å². The van der Waals surface area contributed by atoms with Crippen molar-refractivity contribution in [3.8, 4) is 0 Å². The highest BCUT2D eigenvalue weighted by atomic mass is 16.7. The molecule has 1 amide bonds. The van der Waals surface area contributed by atoms with Gasteiger partial charge in [-0.05, 0) is 75.1 Å². The van der Waals surface area contributed by atoms with Crippen LogP contribution in [-0.2, 0) is 51.1 Å². The summed E-state index contributed by atoms with van der Waals surface area (Å²) in [5.41, 5.74) is 1.58. The third kappa shape index (κ3) is 12.9. The summed E-state index contributed by atoms with van der Waals surface area (Å²) in [5.74, 6) is -3.71. The number of carbonyl (C=O) groups is 3. The molecule has 23 nitrogen and oxygen atoms in total. The Hall–Kier alpha value is -5.47. The number of carboxylic acids is 1. The monoisotopic (exact) mass is 1020 g/mol. The maximum atomic E-state index is 14.1. The van der Waals surface area contributed by atoms with Crippen molar-refractivity contribution in [1.29, 1.82) is 0 Å². The summed E-state index contributed by atoms with van der Waals surface area (Å²) in [6.07, 6.45) is -9.49. The van der Waals surface area contributed by atoms with Gasteiger partial charge in [-0.25, -0.2) is 14.3 Å². The molecule has 2 aliphatic carbocycles. The van der Waals surface area contributed by atoms with Gasteiger partial charge in [-0.15, -0.1) is 5.10 Å². The number of hydrogen-bond donors (Lipinski definition) is 7. The molecule has 2 saturated carbocycles. The molecule has 398 valence electrons. The highest BCUT2D eigenvalue weighted by Crippen LogP contribution is 2.39. The molecule has 0 radical (unpaired) electrons. The number of nitro benzene ring substituents is 1. The summed E-state index contributed by atoms with van der Waals surface area (Å²) in [6.45, 7) is 3.08. The van der Waals surface area contributed by atoms with E-state index in [4.69, 9.17) is 28.4 Å². The average Bonchev–Trinajstić information content (AvgIpc) is 4.02. The molecule has 23 heteroatoms. The zero-order valence-corrected chi connectivity index (χ0v) is 40.7. The van der Waals surface area contributed by atoms with Crippen molar-refractivity contribution in [3.05, 3.63) is 88.4 Å². The lowest BCUT2D eigenvalue weighted by atomic mass is 9.77. The number of aliphatic hydroxyl groups is 5. The van der Waals surface area contributed by atoms with Crippen molar-refractivity contribution in [1.82, 2.24) is 24.9 Å². The van der Waals surface area contributed by atoms with Crippen molar-refractivity contribution in [3.63, 3.8) is 0 Å². The van der Waals surface area contributed by atoms with Crippen molar-refractivity contribution in [2.24, 2.45) is 17.8 Å². The lowest BCUT2D eigenvalue weighted by Crippen LogP contribution is -2.64. The van der Waals surface area contributed by atoms with Gasteiger partial charge >= 0.3 is 11.9 Å². The molecule has 0 spiro atoms. The summed E-state index contributed by atoms with van der Waals surface area (Å²) in [5, 5.41) is 88.4. The number of hydrogen-bond acceptors (Lipinski definition) is 18. The van der Waals surface area contributed by atoms with Crippen LogP contribution in [0.5, 0.6) is 0 Å². The standard InChI is InChI=1S/C50H66N6O17/c1-27-20-32(46(62)51-18-9-14-33-24-55(53-52-33)26-54-19-17-31-22-34(56(66)67)15-16-35(31)54)23-36(43(27)73-49-42(61)41(60)39(58)28(2)68-49)70-50-45(72-48(65)30-12-7-4-8-13-30)44(40(59)38(25-57)71-50)69-37(47(63)64)21-29-10-5-3-6-11-29/h4,7-8,12-13,15-17,19,22,24,27-29,32,36-45,49-50,57-61H,3,5-6,9-11,14,18,20-21,23,25-26H2,1-2H3,(H,51,62)(H,63,64)/t27-,28-,32+,36+,37-,38+,39+,40-,41+,42-,43+,44-,45+,49-,50+/m0/s1. The predicted octanol–water partition coefficient (Wildman–Crippen LogP) is 2.45. The van der Waals surface area contributed by atoms with Crippen molar-refractivity contribution >= 4 is 34.4 Å². The lowest BCUT2D eigenvalue weighted by Gasteiger charge is -2.48. The zero-order chi connectivity index (χ0) is 51.9. The number of rotatable bonds is 20. The van der Waals surface area contributed by atoms with Gasteiger partial charge in [0.1, 0.15) is 43.3 Å². The van der Waals surface area contributed by atoms with Crippen LogP contribution in [0.1, 0.15) is 87.7 Å². The van der Waals surface area contributed by atoms with E-state index in [1.54, 1.807) is 48.1 Å². The van der Waals surface area contributed by atoms with E-state index in [0.29, 0.717) is 30.6 Å². The van der Waals surface area contributed by atoms with E-state index in [1.807, 2.05) is 10.8 Å². The van der Waals surface area contributed by atoms with E-state index >= 15 is 0 Å². The maximum Gasteiger partial charge on any atom is 0.338 e. The van der Waals surface area contributed by atoms with Crippen LogP contribution in [0.3, 0.4) is 0 Å². The summed E-state index contributed by atoms with van der Waals surface area (Å²) in [7, 11) is 0. The van der Waals surface area contributed by atoms with Crippen LogP contribution in [0.25, 0.3) is 10.9 Å². The molecular formula is C50H66N6O17. The first-order valence-corrected chi connectivity index (χ1v) is 25.1. The van der Waals surface area contributed by atoms with Gasteiger partial charge in [-0.1, -0.05) is 62.4 Å². The molecule has 73 heavy (non-hydrogen) atoms. The largest absolute Gasteiger partial charge is 0.479 e. The third-order valence-corrected chi connectivity index (χ3v) is 14.6. The first-order chi connectivity index (χ1) is 35.1. The molecule has 4 fully saturated rings. The van der Waals surface area contributed by atoms with Gasteiger partial charge < -0.3 is 68.9 Å². The number of carbonyl (C=O) groups excluding carboxylic acids is 2. The van der Waals surface area contributed by atoms with Gasteiger partial charge in [-0.2, -0.15) is 0 Å². The van der Waals surface area contributed by atoms with Crippen LogP contribution in [-0.4, -0.2) is 166 Å². The van der Waals surface area contributed by atoms with E-state index in [-0.39, 0.29) is 48.9 Å². The molecule has 15 atom stereocenters. The molecule has 0 bridgehead atoms. The first-order valence-electron chi connectivity index (χ1n) is 25.1. The Morgan fingerprint density at radius 1 is 0.904 bits per heavy atom. The molecule has 2 saturated heterocycles. The van der Waals surface area contributed by atoms with Crippen LogP contribution in [0.4, 0.5) is 5.69 Å². The second kappa shape index (κ2) is 24.3. The quantitative estimate of drug-likeness (QED) is 0.0289. The van der Waals surface area contributed by atoms with Gasteiger partial charge in [0.15, 0.2) is 24.8 Å². The summed E-state index contributed by atoms with van der Waals surface area (Å²) in [6, 6.07) is 14.4. The van der Waals surface area contributed by atoms with Crippen LogP contribution in [0.2, 0.25) is 0 Å². The number of amides is 1. The molecule has 2 aromatic heterocycles. The fourth-order valence-corrected chi connectivity index (χ4v) is 10.5. The van der Waals surface area contributed by atoms with Crippen LogP contribution < -0.4 is 5.32 Å². The fraction of sp³-hybridized carbons (Fsp3) is 0.620. The first kappa shape index (κ1) is 53.8. The number of nitrogens with zero attached hydrogens (tertiary/aromatic N) is 5. The highest BCUT2D eigenvalue weighted by Gasteiger charge is 2.54. The molecule has 7 N–H and O–H groups in total. The minimum atomic E-state index is -1.71. The fourth-order valence-electron chi connectivity index (χ4n) is 10.5. The summed E-state index contributed by atoms with van der Waals surface area (Å²) >= 11 is 0. The Bertz CT molecular complexity index is 2490. The van der Waals surface area contributed by atoms with E-state index in [0.717, 1.165) is 37.6 Å². The van der Waals surface area contributed by atoms with Crippen LogP contribution >= 0.6 is 0 Å². The normalized spacial score (nSPS) is 31.4. The van der Waals surface area contributed by atoms with E-state index < -0.39 is 115 Å². The molecule has 4 aliphatic rings. The van der Waals surface area contributed by atoms with E-state index in [9.17, 15) is 55.1 Å². The molecule has 4 heterocycles. The molecule has 4 aromatic rings. The Kier molecular flexibility index (Phi) is 17.9. The van der Waals surface area contributed by atoms with E-state index in [1.165, 1.54) is 31.2 Å². The Labute approximate surface area is 420 Å². The number of benzene rings is 2. The number of non-ortho nitro benzene ring substituents is 1. The average molecular weight is 1020 g/mol. The highest BCUT2D eigenvalue weighted by molar-refractivity contribution is 5.89. The number of carboxylic acid groups (broad SMARTS) is 1. The Morgan fingerprint density at radius 3 is 2.40 bits per heavy atom. The minimum absolute atomic E-state index is 0.00393. The van der Waals surface area contributed by atoms with E-state index in [2.05, 4.69) is 15.6 Å². The predicted molar refractivity (Wildman–Crippen MR) is 254 cm³/mol. The zero-order valence-electron chi connectivity index (χ0n) is 40.7. The smallest absolute Gasteiger partial charge is 0.338 e. The maximum absolute atomic E-state index is 14.1. The second-order valence-electron chi connectivity index (χ2n) is 19.8. The van der Waals surface area contributed by atoms with Gasteiger partial charge in [0.25, 0.3) is 5.69 Å². The number of aliphatic carboxylic acids is 1. The van der Waals surface area contributed by atoms with Gasteiger partial charge in [0, 0.05) is 36.2 Å². The number of nitro groups is 1. The third-order valence-electron chi connectivity index (χ3n) is 14.6. The minimum Gasteiger partial charge on any atom is -0.479 e. The Morgan fingerprint density at radius 2 is 1.67 bits per heavy atom. The van der Waals surface area contributed by atoms with Crippen molar-refractivity contribution < 1.29 is 78.4 Å². The summed E-state index contributed by atoms with van der Waals surface area (Å²) < 4.78 is 40.9. The molecular weight excluding hydrogens is 957 g/mol. The number of aliphatic hydroxyl groups excluding tert-OH is 5. The summed E-state index contributed by atoms with van der Waals surface area (Å²) in [4.78, 5) is 51.5. The number of aromatic nitrogens is 4. The number of ether oxygens (including phenoxy) is 6. The molecule has 2 aromatic carbocycles. The van der Waals surface area contributed by atoms with Gasteiger partial charge in [0.05, 0.1) is 52.8 Å². The molecule has 0 unspecified atom stereocenters. The van der Waals surface area contributed by atoms with Gasteiger partial charge in [-0.3, -0.25) is 14.9 Å². The lowest BCUT2D eigenvalue weighted by molar-refractivity contribution is -0.384. The van der Waals surface area contributed by atoms with Gasteiger partial charge in [0.2, 0.25) is 5.91 Å². The number of esters is 1. The SMILES string of the molecule is C[C@@H]1O[C@@H](O[C@@H]2[C@@H](C)C[C@@H](C(=O)NCCCc3cn(Cn4ccc5cc([N+](=O)[O-])ccc54)nn3)C[C@H]2O[C@@H]2O[C@H](CO)[C@H](O)[C@H](O[C@@H](CC3CCCCC3)C(=O)O)[C@H]2OC(=O)c2ccccc2)[C@@H](O)[C@H](O)[C@@H]1O.